The van der Waals surface area contributed by atoms with Gasteiger partial charge in [-0.3, -0.25) is 14.4 Å². The maximum absolute atomic E-state index is 14.3. The quantitative estimate of drug-likeness (QED) is 0.0938. The zero-order valence-electron chi connectivity index (χ0n) is 33.1. The summed E-state index contributed by atoms with van der Waals surface area (Å²) >= 11 is 0. The summed E-state index contributed by atoms with van der Waals surface area (Å²) in [4.78, 5) is 40.2. The van der Waals surface area contributed by atoms with Gasteiger partial charge < -0.3 is 49.8 Å². The highest BCUT2D eigenvalue weighted by molar-refractivity contribution is 6.23. The van der Waals surface area contributed by atoms with Crippen molar-refractivity contribution >= 4 is 40.3 Å². The predicted molar refractivity (Wildman–Crippen MR) is 207 cm³/mol. The molecule has 57 heavy (non-hydrogen) atoms. The number of carbonyl (C=O) groups excluding carboxylic acids is 3. The first-order chi connectivity index (χ1) is 26.8. The van der Waals surface area contributed by atoms with Crippen LogP contribution in [-0.2, 0) is 23.8 Å². The standard InChI is InChI=1S/C40H49N5O12/c1-18-11-10-12-19(2)39(53)44-30-25(15-43-45-16-41-42-17-45)34(50)27-28(35(30)51)33(49)23(6)37-29(27)38(52)40(8,57-37)55-14-13-26(54-9)20(3)36(56-24(7)46)22(5)32(48)21(4)31(18)47/h10-18,20-22,26,31-32,36,47-51H,1-9H3,(H,44,53)/b11-10+,14-13+,19-12-,43-15-/t18-,20-,21-,22-,26+,31+,32+,36-,40+/m1/s1. The molecule has 2 aromatic carbocycles. The van der Waals surface area contributed by atoms with Crippen LogP contribution in [-0.4, -0.2) is 102 Å². The van der Waals surface area contributed by atoms with E-state index in [1.54, 1.807) is 39.8 Å². The number of allylic oxidation sites excluding steroid dienone is 2. The van der Waals surface area contributed by atoms with Crippen LogP contribution in [0.25, 0.3) is 10.8 Å². The molecular weight excluding hydrogens is 742 g/mol. The van der Waals surface area contributed by atoms with E-state index in [4.69, 9.17) is 18.9 Å². The van der Waals surface area contributed by atoms with Crippen molar-refractivity contribution in [3.05, 3.63) is 65.5 Å². The highest BCUT2D eigenvalue weighted by Gasteiger charge is 2.50. The minimum Gasteiger partial charge on any atom is -0.507 e. The van der Waals surface area contributed by atoms with Crippen molar-refractivity contribution in [2.75, 3.05) is 12.4 Å². The number of ketones is 1. The van der Waals surface area contributed by atoms with Crippen LogP contribution in [0.15, 0.2) is 53.9 Å². The third-order valence-corrected chi connectivity index (χ3v) is 10.8. The molecular formula is C40H49N5O12. The van der Waals surface area contributed by atoms with Crippen LogP contribution in [0, 0.1) is 30.6 Å². The maximum Gasteiger partial charge on any atom is 0.312 e. The average Bonchev–Trinajstić information content (AvgIpc) is 3.79. The zero-order chi connectivity index (χ0) is 42.1. The number of methoxy groups -OCH3 is 1. The molecule has 3 aromatic rings. The van der Waals surface area contributed by atoms with Gasteiger partial charge in [-0.05, 0) is 19.9 Å². The van der Waals surface area contributed by atoms with Crippen molar-refractivity contribution in [2.45, 2.75) is 85.6 Å². The number of Topliss-reactive ketones (excluding diaryl/α,β-unsaturated/α-hetero) is 1. The topological polar surface area (TPSA) is 244 Å². The lowest BCUT2D eigenvalue weighted by atomic mass is 9.78. The van der Waals surface area contributed by atoms with Gasteiger partial charge in [-0.1, -0.05) is 45.9 Å². The Labute approximate surface area is 328 Å². The first-order valence-electron chi connectivity index (χ1n) is 18.3. The molecule has 0 saturated heterocycles. The molecule has 306 valence electrons. The molecule has 5 bridgehead atoms. The molecule has 0 unspecified atom stereocenters. The third-order valence-electron chi connectivity index (χ3n) is 10.8. The maximum atomic E-state index is 14.3. The molecule has 9 atom stereocenters. The molecule has 1 aromatic heterocycles. The minimum atomic E-state index is -2.07. The number of phenols is 3. The van der Waals surface area contributed by atoms with Crippen LogP contribution in [0.1, 0.15) is 70.0 Å². The van der Waals surface area contributed by atoms with E-state index in [0.717, 1.165) is 6.21 Å². The number of hydrogen-bond acceptors (Lipinski definition) is 15. The Morgan fingerprint density at radius 2 is 1.63 bits per heavy atom. The number of rotatable bonds is 4. The molecule has 6 rings (SSSR count). The number of aliphatic hydroxyl groups is 2. The number of fused-ring (bicyclic) bond motifs is 14. The second-order valence-electron chi connectivity index (χ2n) is 14.7. The summed E-state index contributed by atoms with van der Waals surface area (Å²) in [5, 5.41) is 71.5. The highest BCUT2D eigenvalue weighted by Crippen LogP contribution is 2.55. The largest absolute Gasteiger partial charge is 0.507 e. The molecule has 0 fully saturated rings. The number of anilines is 1. The smallest absolute Gasteiger partial charge is 0.312 e. The number of amides is 1. The number of esters is 1. The lowest BCUT2D eigenvalue weighted by molar-refractivity contribution is -0.160. The molecule has 1 amide bonds. The number of ether oxygens (including phenoxy) is 4. The zero-order valence-corrected chi connectivity index (χ0v) is 33.1. The second kappa shape index (κ2) is 16.8. The molecule has 3 aliphatic heterocycles. The molecule has 6 N–H and O–H groups in total. The normalized spacial score (nSPS) is 30.8. The summed E-state index contributed by atoms with van der Waals surface area (Å²) in [6.45, 7) is 12.4. The van der Waals surface area contributed by atoms with E-state index in [0.29, 0.717) is 0 Å². The number of hydrogen-bond donors (Lipinski definition) is 6. The summed E-state index contributed by atoms with van der Waals surface area (Å²) in [7, 11) is 1.42. The van der Waals surface area contributed by atoms with Gasteiger partial charge in [-0.25, -0.2) is 4.68 Å². The number of nitrogens with one attached hydrogen (secondary N) is 1. The predicted octanol–water partition coefficient (Wildman–Crippen LogP) is 4.23. The van der Waals surface area contributed by atoms with Crippen molar-refractivity contribution in [2.24, 2.45) is 28.8 Å². The second-order valence-corrected chi connectivity index (χ2v) is 14.7. The molecule has 0 radical (unpaired) electrons. The number of aromatic hydroxyl groups is 3. The summed E-state index contributed by atoms with van der Waals surface area (Å²) in [6.07, 6.45) is 7.00. The number of benzene rings is 2. The fourth-order valence-corrected chi connectivity index (χ4v) is 7.25. The van der Waals surface area contributed by atoms with Gasteiger partial charge in [0, 0.05) is 61.2 Å². The Morgan fingerprint density at radius 1 is 0.965 bits per heavy atom. The van der Waals surface area contributed by atoms with Crippen molar-refractivity contribution in [3.63, 3.8) is 0 Å². The summed E-state index contributed by atoms with van der Waals surface area (Å²) in [5.74, 6) is -8.72. The van der Waals surface area contributed by atoms with E-state index in [-0.39, 0.29) is 44.5 Å². The van der Waals surface area contributed by atoms with E-state index in [1.807, 2.05) is 0 Å². The number of nitrogens with zero attached hydrogens (tertiary/aromatic N) is 4. The fourth-order valence-electron chi connectivity index (χ4n) is 7.25. The van der Waals surface area contributed by atoms with Crippen LogP contribution in [0.3, 0.4) is 0 Å². The SMILES string of the molecule is CO[C@H]1/C=C/O[C@@]2(C)Oc3c(C)c(O)c4c(O)c(c(/C=N\n5cnnc5)c(O)c4c3C2=O)NC(=O)/C(C)=C\C=C\[C@@H](C)[C@H](O)[C@@H](C)[C@H](O)[C@@H](C)[C@H](OC(C)=O)[C@@H]1C. The van der Waals surface area contributed by atoms with Gasteiger partial charge in [0.2, 0.25) is 0 Å². The molecule has 0 spiro atoms. The van der Waals surface area contributed by atoms with Crippen LogP contribution in [0.4, 0.5) is 5.69 Å². The number of aliphatic hydroxyl groups excluding tert-OH is 2. The number of aromatic nitrogens is 3. The van der Waals surface area contributed by atoms with Gasteiger partial charge >= 0.3 is 11.8 Å². The minimum absolute atomic E-state index is 0.0254. The lowest BCUT2D eigenvalue weighted by Crippen LogP contribution is -2.46. The van der Waals surface area contributed by atoms with E-state index >= 15 is 0 Å². The Bertz CT molecular complexity index is 2160. The molecule has 0 aliphatic carbocycles. The molecule has 4 heterocycles. The molecule has 3 aliphatic rings. The third kappa shape index (κ3) is 8.08. The fraction of sp³-hybridized carbons (Fsp3) is 0.450. The van der Waals surface area contributed by atoms with Gasteiger partial charge in [-0.2, -0.15) is 5.10 Å². The molecule has 17 nitrogen and oxygen atoms in total. The Kier molecular flexibility index (Phi) is 12.5. The van der Waals surface area contributed by atoms with Crippen molar-refractivity contribution < 1.29 is 58.9 Å². The van der Waals surface area contributed by atoms with Gasteiger partial charge in [-0.15, -0.1) is 10.2 Å². The first kappa shape index (κ1) is 42.4. The van der Waals surface area contributed by atoms with E-state index in [1.165, 1.54) is 70.5 Å². The highest BCUT2D eigenvalue weighted by atomic mass is 16.7. The van der Waals surface area contributed by atoms with E-state index < -0.39 is 88.8 Å². The average molecular weight is 792 g/mol. The van der Waals surface area contributed by atoms with Crippen molar-refractivity contribution in [1.82, 2.24) is 14.9 Å². The monoisotopic (exact) mass is 791 g/mol. The Morgan fingerprint density at radius 3 is 2.26 bits per heavy atom. The van der Waals surface area contributed by atoms with Crippen molar-refractivity contribution in [3.8, 4) is 23.0 Å². The first-order valence-corrected chi connectivity index (χ1v) is 18.3. The lowest BCUT2D eigenvalue weighted by Gasteiger charge is -2.38. The summed E-state index contributed by atoms with van der Waals surface area (Å²) in [5.41, 5.74) is -0.655. The Hall–Kier alpha value is -5.78. The van der Waals surface area contributed by atoms with Crippen LogP contribution in [0.2, 0.25) is 0 Å². The Balaban J connectivity index is 1.72. The molecule has 0 saturated carbocycles. The summed E-state index contributed by atoms with van der Waals surface area (Å²) in [6, 6.07) is 0. The molecule has 17 heteroatoms. The van der Waals surface area contributed by atoms with E-state index in [2.05, 4.69) is 20.6 Å². The summed E-state index contributed by atoms with van der Waals surface area (Å²) < 4.78 is 24.6. The van der Waals surface area contributed by atoms with E-state index in [9.17, 15) is 39.9 Å². The number of carbonyl (C=O) groups is 3. The van der Waals surface area contributed by atoms with Crippen LogP contribution < -0.4 is 10.1 Å². The van der Waals surface area contributed by atoms with Crippen LogP contribution >= 0.6 is 0 Å². The van der Waals surface area contributed by atoms with Gasteiger partial charge in [0.25, 0.3) is 11.7 Å². The van der Waals surface area contributed by atoms with Gasteiger partial charge in [0.15, 0.2) is 5.75 Å². The number of phenolic OH excluding ortho intramolecular Hbond substituents is 3. The van der Waals surface area contributed by atoms with Crippen LogP contribution in [0.5, 0.6) is 23.0 Å². The van der Waals surface area contributed by atoms with Crippen molar-refractivity contribution in [1.29, 1.82) is 0 Å². The van der Waals surface area contributed by atoms with Gasteiger partial charge in [0.1, 0.15) is 36.0 Å². The van der Waals surface area contributed by atoms with Gasteiger partial charge in [0.05, 0.1) is 53.0 Å².